The van der Waals surface area contributed by atoms with E-state index in [4.69, 9.17) is 5.41 Å². The molecule has 2 heterocycles. The average Bonchev–Trinajstić information content (AvgIpc) is 2.39. The third-order valence-corrected chi connectivity index (χ3v) is 3.32. The van der Waals surface area contributed by atoms with Gasteiger partial charge in [0.1, 0.15) is 11.5 Å². The van der Waals surface area contributed by atoms with Gasteiger partial charge < -0.3 is 9.80 Å². The first-order valence-electron chi connectivity index (χ1n) is 6.18. The van der Waals surface area contributed by atoms with Crippen molar-refractivity contribution in [1.29, 1.82) is 5.41 Å². The van der Waals surface area contributed by atoms with Crippen LogP contribution >= 0.6 is 0 Å². The number of piperazine rings is 1. The topological polar surface area (TPSA) is 43.2 Å². The van der Waals surface area contributed by atoms with Gasteiger partial charge in [0, 0.05) is 32.4 Å². The molecule has 0 amide bonds. The summed E-state index contributed by atoms with van der Waals surface area (Å²) >= 11 is 0. The fraction of sp³-hybridized carbons (Fsp3) is 0.538. The molecule has 0 bridgehead atoms. The molecule has 0 aliphatic carbocycles. The summed E-state index contributed by atoms with van der Waals surface area (Å²) in [6.45, 7) is 6.01. The lowest BCUT2D eigenvalue weighted by Gasteiger charge is -2.34. The molecule has 1 N–H and O–H groups in total. The Kier molecular flexibility index (Phi) is 3.74. The summed E-state index contributed by atoms with van der Waals surface area (Å²) in [5, 5.41) is 8.28. The van der Waals surface area contributed by atoms with E-state index in [0.29, 0.717) is 5.84 Å². The van der Waals surface area contributed by atoms with Crippen LogP contribution in [-0.4, -0.2) is 53.8 Å². The molecule has 1 aromatic rings. The third kappa shape index (κ3) is 2.64. The highest BCUT2D eigenvalue weighted by molar-refractivity contribution is 5.95. The van der Waals surface area contributed by atoms with E-state index in [1.54, 1.807) is 6.20 Å². The molecule has 0 spiro atoms. The molecule has 0 unspecified atom stereocenters. The number of nitrogens with zero attached hydrogens (tertiary/aromatic N) is 3. The highest BCUT2D eigenvalue weighted by Gasteiger charge is 2.19. The van der Waals surface area contributed by atoms with Gasteiger partial charge in [-0.05, 0) is 25.1 Å². The van der Waals surface area contributed by atoms with Crippen LogP contribution in [0.5, 0.6) is 0 Å². The smallest absolute Gasteiger partial charge is 0.147 e. The van der Waals surface area contributed by atoms with Crippen LogP contribution in [0.2, 0.25) is 0 Å². The molecule has 1 fully saturated rings. The van der Waals surface area contributed by atoms with E-state index in [-0.39, 0.29) is 0 Å². The zero-order valence-corrected chi connectivity index (χ0v) is 10.6. The lowest BCUT2D eigenvalue weighted by atomic mass is 10.1. The van der Waals surface area contributed by atoms with Crippen molar-refractivity contribution in [1.82, 2.24) is 14.8 Å². The van der Waals surface area contributed by atoms with Crippen LogP contribution in [0.1, 0.15) is 18.2 Å². The molecule has 0 saturated carbocycles. The number of amidine groups is 1. The van der Waals surface area contributed by atoms with Crippen molar-refractivity contribution in [2.75, 3.05) is 33.2 Å². The summed E-state index contributed by atoms with van der Waals surface area (Å²) in [6, 6.07) is 4.01. The second-order valence-corrected chi connectivity index (χ2v) is 4.50. The van der Waals surface area contributed by atoms with Gasteiger partial charge >= 0.3 is 0 Å². The summed E-state index contributed by atoms with van der Waals surface area (Å²) in [6.07, 6.45) is 2.71. The molecule has 0 aromatic carbocycles. The van der Waals surface area contributed by atoms with Crippen molar-refractivity contribution in [3.05, 3.63) is 29.6 Å². The van der Waals surface area contributed by atoms with Crippen molar-refractivity contribution >= 4 is 5.84 Å². The molecule has 1 aliphatic heterocycles. The SMILES string of the molecule is CCc1cccnc1C(=N)N1CCN(C)CC1. The van der Waals surface area contributed by atoms with Gasteiger partial charge in [0.25, 0.3) is 0 Å². The number of pyridine rings is 1. The second-order valence-electron chi connectivity index (χ2n) is 4.50. The zero-order valence-electron chi connectivity index (χ0n) is 10.6. The molecule has 4 heteroatoms. The summed E-state index contributed by atoms with van der Waals surface area (Å²) in [5.74, 6) is 0.579. The Morgan fingerprint density at radius 2 is 2.06 bits per heavy atom. The number of hydrogen-bond acceptors (Lipinski definition) is 3. The number of likely N-dealkylation sites (N-methyl/N-ethyl adjacent to an activating group) is 1. The Morgan fingerprint density at radius 1 is 1.35 bits per heavy atom. The van der Waals surface area contributed by atoms with E-state index in [1.165, 1.54) is 0 Å². The van der Waals surface area contributed by atoms with E-state index < -0.39 is 0 Å². The van der Waals surface area contributed by atoms with Gasteiger partial charge in [0.05, 0.1) is 0 Å². The van der Waals surface area contributed by atoms with E-state index in [9.17, 15) is 0 Å². The lowest BCUT2D eigenvalue weighted by Crippen LogP contribution is -2.47. The van der Waals surface area contributed by atoms with Crippen LogP contribution in [0.15, 0.2) is 18.3 Å². The Hall–Kier alpha value is -1.42. The summed E-state index contributed by atoms with van der Waals surface area (Å²) in [7, 11) is 2.12. The number of aromatic nitrogens is 1. The molecular weight excluding hydrogens is 212 g/mol. The quantitative estimate of drug-likeness (QED) is 0.616. The summed E-state index contributed by atoms with van der Waals surface area (Å²) < 4.78 is 0. The van der Waals surface area contributed by atoms with Gasteiger partial charge in [0.2, 0.25) is 0 Å². The maximum atomic E-state index is 8.28. The second kappa shape index (κ2) is 5.27. The first kappa shape index (κ1) is 12.0. The maximum absolute atomic E-state index is 8.28. The van der Waals surface area contributed by atoms with Crippen molar-refractivity contribution in [2.24, 2.45) is 0 Å². The molecule has 1 aliphatic rings. The average molecular weight is 232 g/mol. The predicted octanol–water partition coefficient (Wildman–Crippen LogP) is 1.22. The lowest BCUT2D eigenvalue weighted by molar-refractivity contribution is 0.215. The largest absolute Gasteiger partial charge is 0.353 e. The zero-order chi connectivity index (χ0) is 12.3. The van der Waals surface area contributed by atoms with E-state index in [1.807, 2.05) is 6.07 Å². The van der Waals surface area contributed by atoms with Gasteiger partial charge in [-0.15, -0.1) is 0 Å². The summed E-state index contributed by atoms with van der Waals surface area (Å²) in [5.41, 5.74) is 2.01. The Balaban J connectivity index is 2.14. The van der Waals surface area contributed by atoms with Crippen molar-refractivity contribution in [3.8, 4) is 0 Å². The first-order valence-corrected chi connectivity index (χ1v) is 6.18. The van der Waals surface area contributed by atoms with Crippen LogP contribution in [0.25, 0.3) is 0 Å². The number of hydrogen-bond donors (Lipinski definition) is 1. The Labute approximate surface area is 103 Å². The van der Waals surface area contributed by atoms with E-state index in [2.05, 4.69) is 34.8 Å². The van der Waals surface area contributed by atoms with Gasteiger partial charge in [-0.25, -0.2) is 0 Å². The first-order chi connectivity index (χ1) is 8.22. The predicted molar refractivity (Wildman–Crippen MR) is 69.5 cm³/mol. The number of aryl methyl sites for hydroxylation is 1. The van der Waals surface area contributed by atoms with E-state index in [0.717, 1.165) is 43.9 Å². The number of rotatable bonds is 2. The molecule has 4 nitrogen and oxygen atoms in total. The third-order valence-electron chi connectivity index (χ3n) is 3.32. The summed E-state index contributed by atoms with van der Waals surface area (Å²) in [4.78, 5) is 8.78. The van der Waals surface area contributed by atoms with Gasteiger partial charge in [0.15, 0.2) is 0 Å². The monoisotopic (exact) mass is 232 g/mol. The van der Waals surface area contributed by atoms with Gasteiger partial charge in [-0.1, -0.05) is 13.0 Å². The standard InChI is InChI=1S/C13H20N4/c1-3-11-5-4-6-15-12(11)13(14)17-9-7-16(2)8-10-17/h4-6,14H,3,7-10H2,1-2H3. The normalized spacial score (nSPS) is 17.2. The fourth-order valence-electron chi connectivity index (χ4n) is 2.12. The van der Waals surface area contributed by atoms with Crippen molar-refractivity contribution in [3.63, 3.8) is 0 Å². The molecule has 0 atom stereocenters. The van der Waals surface area contributed by atoms with Gasteiger partial charge in [-0.2, -0.15) is 0 Å². The fourth-order valence-corrected chi connectivity index (χ4v) is 2.12. The molecule has 1 aromatic heterocycles. The van der Waals surface area contributed by atoms with Crippen LogP contribution < -0.4 is 0 Å². The van der Waals surface area contributed by atoms with Crippen LogP contribution in [0.3, 0.4) is 0 Å². The minimum absolute atomic E-state index is 0.579. The van der Waals surface area contributed by atoms with Crippen molar-refractivity contribution < 1.29 is 0 Å². The Bertz CT molecular complexity index is 394. The minimum Gasteiger partial charge on any atom is -0.353 e. The molecular formula is C13H20N4. The molecule has 17 heavy (non-hydrogen) atoms. The molecule has 0 radical (unpaired) electrons. The molecule has 92 valence electrons. The molecule has 1 saturated heterocycles. The van der Waals surface area contributed by atoms with E-state index >= 15 is 0 Å². The van der Waals surface area contributed by atoms with Crippen molar-refractivity contribution in [2.45, 2.75) is 13.3 Å². The highest BCUT2D eigenvalue weighted by atomic mass is 15.3. The van der Waals surface area contributed by atoms with Crippen LogP contribution in [-0.2, 0) is 6.42 Å². The van der Waals surface area contributed by atoms with Crippen LogP contribution in [0, 0.1) is 5.41 Å². The Morgan fingerprint density at radius 3 is 2.71 bits per heavy atom. The molecule has 2 rings (SSSR count). The highest BCUT2D eigenvalue weighted by Crippen LogP contribution is 2.11. The number of nitrogens with one attached hydrogen (secondary N) is 1. The minimum atomic E-state index is 0.579. The maximum Gasteiger partial charge on any atom is 0.147 e. The van der Waals surface area contributed by atoms with Gasteiger partial charge in [-0.3, -0.25) is 10.4 Å². The van der Waals surface area contributed by atoms with Crippen LogP contribution in [0.4, 0.5) is 0 Å².